The third-order valence-electron chi connectivity index (χ3n) is 4.35. The molecule has 0 radical (unpaired) electrons. The van der Waals surface area contributed by atoms with Crippen molar-refractivity contribution in [1.29, 1.82) is 0 Å². The van der Waals surface area contributed by atoms with Crippen molar-refractivity contribution in [3.05, 3.63) is 0 Å². The molecule has 2 aliphatic rings. The predicted molar refractivity (Wildman–Crippen MR) is 76.2 cm³/mol. The Labute approximate surface area is 113 Å². The van der Waals surface area contributed by atoms with Crippen LogP contribution in [-0.4, -0.2) is 41.2 Å². The third-order valence-corrected chi connectivity index (χ3v) is 5.27. The highest BCUT2D eigenvalue weighted by Gasteiger charge is 2.32. The fraction of sp³-hybridized carbons (Fsp3) is 1.00. The summed E-state index contributed by atoms with van der Waals surface area (Å²) in [6.45, 7) is 9.38. The average Bonchev–Trinajstić information content (AvgIpc) is 2.30. The Bertz CT molecular complexity index is 216. The van der Waals surface area contributed by atoms with E-state index in [4.69, 9.17) is 4.74 Å². The van der Waals surface area contributed by atoms with Crippen LogP contribution < -0.4 is 0 Å². The van der Waals surface area contributed by atoms with E-state index >= 15 is 0 Å². The van der Waals surface area contributed by atoms with Crippen molar-refractivity contribution in [1.82, 2.24) is 4.90 Å². The van der Waals surface area contributed by atoms with E-state index in [1.54, 1.807) is 0 Å². The lowest BCUT2D eigenvalue weighted by atomic mass is 9.84. The standard InChI is InChI=1S/C13H24INO/c1-10-3-6-15(9-13(10)11(2)14)12-4-7-16-8-5-12/h10-13H,3-9H2,1-2H3. The molecule has 0 spiro atoms. The summed E-state index contributed by atoms with van der Waals surface area (Å²) in [5.74, 6) is 1.79. The van der Waals surface area contributed by atoms with Gasteiger partial charge in [0.15, 0.2) is 0 Å². The van der Waals surface area contributed by atoms with Gasteiger partial charge in [-0.2, -0.15) is 0 Å². The fourth-order valence-corrected chi connectivity index (χ4v) is 4.04. The maximum Gasteiger partial charge on any atom is 0.0480 e. The van der Waals surface area contributed by atoms with E-state index in [1.165, 1.54) is 32.4 Å². The van der Waals surface area contributed by atoms with Crippen LogP contribution in [0, 0.1) is 11.8 Å². The summed E-state index contributed by atoms with van der Waals surface area (Å²) < 4.78 is 6.26. The van der Waals surface area contributed by atoms with Gasteiger partial charge in [-0.1, -0.05) is 36.4 Å². The molecule has 0 aromatic rings. The lowest BCUT2D eigenvalue weighted by molar-refractivity contribution is 0.00881. The number of halogens is 1. The van der Waals surface area contributed by atoms with Gasteiger partial charge in [-0.3, -0.25) is 4.90 Å². The largest absolute Gasteiger partial charge is 0.381 e. The van der Waals surface area contributed by atoms with Crippen LogP contribution >= 0.6 is 22.6 Å². The van der Waals surface area contributed by atoms with Gasteiger partial charge >= 0.3 is 0 Å². The summed E-state index contributed by atoms with van der Waals surface area (Å²) in [5.41, 5.74) is 0. The predicted octanol–water partition coefficient (Wildman–Crippen LogP) is 2.95. The number of alkyl halides is 1. The smallest absolute Gasteiger partial charge is 0.0480 e. The first-order valence-corrected chi connectivity index (χ1v) is 7.89. The molecule has 3 heteroatoms. The number of nitrogens with zero attached hydrogens (tertiary/aromatic N) is 1. The number of piperidine rings is 1. The molecular weight excluding hydrogens is 313 g/mol. The lowest BCUT2D eigenvalue weighted by Gasteiger charge is -2.43. The maximum absolute atomic E-state index is 5.46. The second-order valence-corrected chi connectivity index (χ2v) is 7.41. The van der Waals surface area contributed by atoms with Gasteiger partial charge in [-0.25, -0.2) is 0 Å². The Kier molecular flexibility index (Phi) is 4.91. The number of hydrogen-bond acceptors (Lipinski definition) is 2. The zero-order valence-electron chi connectivity index (χ0n) is 10.5. The minimum absolute atomic E-state index is 0.801. The van der Waals surface area contributed by atoms with E-state index in [0.29, 0.717) is 0 Å². The molecule has 0 aromatic carbocycles. The topological polar surface area (TPSA) is 12.5 Å². The second-order valence-electron chi connectivity index (χ2n) is 5.45. The monoisotopic (exact) mass is 337 g/mol. The minimum Gasteiger partial charge on any atom is -0.381 e. The zero-order chi connectivity index (χ0) is 11.5. The first-order valence-electron chi connectivity index (χ1n) is 6.64. The highest BCUT2D eigenvalue weighted by Crippen LogP contribution is 2.31. The van der Waals surface area contributed by atoms with Crippen molar-refractivity contribution in [3.8, 4) is 0 Å². The number of rotatable bonds is 2. The van der Waals surface area contributed by atoms with E-state index < -0.39 is 0 Å². The molecule has 2 fully saturated rings. The van der Waals surface area contributed by atoms with Crippen LogP contribution in [0.3, 0.4) is 0 Å². The minimum atomic E-state index is 0.801. The van der Waals surface area contributed by atoms with E-state index in [1.807, 2.05) is 0 Å². The van der Waals surface area contributed by atoms with Crippen LogP contribution in [-0.2, 0) is 4.74 Å². The normalized spacial score (nSPS) is 36.2. The molecule has 0 bridgehead atoms. The average molecular weight is 337 g/mol. The van der Waals surface area contributed by atoms with Crippen molar-refractivity contribution < 1.29 is 4.74 Å². The Hall–Kier alpha value is 0.650. The van der Waals surface area contributed by atoms with Gasteiger partial charge in [0.05, 0.1) is 0 Å². The van der Waals surface area contributed by atoms with E-state index in [2.05, 4.69) is 41.3 Å². The van der Waals surface area contributed by atoms with Gasteiger partial charge in [0, 0.05) is 29.7 Å². The summed E-state index contributed by atoms with van der Waals surface area (Å²) >= 11 is 2.61. The van der Waals surface area contributed by atoms with Gasteiger partial charge < -0.3 is 4.74 Å². The molecule has 2 aliphatic heterocycles. The van der Waals surface area contributed by atoms with Crippen molar-refractivity contribution in [3.63, 3.8) is 0 Å². The van der Waals surface area contributed by atoms with Crippen LogP contribution in [0.2, 0.25) is 0 Å². The quantitative estimate of drug-likeness (QED) is 0.567. The molecule has 2 rings (SSSR count). The van der Waals surface area contributed by atoms with Crippen molar-refractivity contribution in [2.45, 2.75) is 43.1 Å². The Morgan fingerprint density at radius 1 is 1.25 bits per heavy atom. The van der Waals surface area contributed by atoms with Crippen molar-refractivity contribution in [2.24, 2.45) is 11.8 Å². The van der Waals surface area contributed by atoms with Crippen molar-refractivity contribution in [2.75, 3.05) is 26.3 Å². The van der Waals surface area contributed by atoms with Gasteiger partial charge in [-0.15, -0.1) is 0 Å². The van der Waals surface area contributed by atoms with Gasteiger partial charge in [-0.05, 0) is 37.6 Å². The molecule has 0 amide bonds. The van der Waals surface area contributed by atoms with E-state index in [9.17, 15) is 0 Å². The number of ether oxygens (including phenoxy) is 1. The first-order chi connectivity index (χ1) is 7.68. The molecule has 3 unspecified atom stereocenters. The molecule has 0 N–H and O–H groups in total. The molecule has 2 heterocycles. The lowest BCUT2D eigenvalue weighted by Crippen LogP contribution is -2.49. The van der Waals surface area contributed by atoms with Gasteiger partial charge in [0.25, 0.3) is 0 Å². The van der Waals surface area contributed by atoms with E-state index in [0.717, 1.165) is 35.0 Å². The zero-order valence-corrected chi connectivity index (χ0v) is 12.7. The molecule has 3 atom stereocenters. The molecular formula is C13H24INO. The van der Waals surface area contributed by atoms with Gasteiger partial charge in [0.1, 0.15) is 0 Å². The SMILES string of the molecule is CC(I)C1CN(C2CCOCC2)CCC1C. The number of likely N-dealkylation sites (tertiary alicyclic amines) is 1. The van der Waals surface area contributed by atoms with Gasteiger partial charge in [0.2, 0.25) is 0 Å². The summed E-state index contributed by atoms with van der Waals surface area (Å²) in [6, 6.07) is 0.805. The highest BCUT2D eigenvalue weighted by atomic mass is 127. The Morgan fingerprint density at radius 3 is 2.56 bits per heavy atom. The molecule has 94 valence electrons. The Morgan fingerprint density at radius 2 is 1.94 bits per heavy atom. The molecule has 0 saturated carbocycles. The second kappa shape index (κ2) is 6.01. The van der Waals surface area contributed by atoms with Crippen LogP contribution in [0.15, 0.2) is 0 Å². The Balaban J connectivity index is 1.91. The van der Waals surface area contributed by atoms with Crippen LogP contribution in [0.25, 0.3) is 0 Å². The molecule has 2 nitrogen and oxygen atoms in total. The van der Waals surface area contributed by atoms with Crippen LogP contribution in [0.5, 0.6) is 0 Å². The summed E-state index contributed by atoms with van der Waals surface area (Å²) in [6.07, 6.45) is 3.88. The van der Waals surface area contributed by atoms with Crippen LogP contribution in [0.4, 0.5) is 0 Å². The highest BCUT2D eigenvalue weighted by molar-refractivity contribution is 14.1. The van der Waals surface area contributed by atoms with Crippen LogP contribution in [0.1, 0.15) is 33.1 Å². The summed E-state index contributed by atoms with van der Waals surface area (Å²) in [5, 5.41) is 0. The summed E-state index contributed by atoms with van der Waals surface area (Å²) in [4.78, 5) is 2.74. The third kappa shape index (κ3) is 3.10. The number of hydrogen-bond donors (Lipinski definition) is 0. The summed E-state index contributed by atoms with van der Waals surface area (Å²) in [7, 11) is 0. The molecule has 0 aromatic heterocycles. The first kappa shape index (κ1) is 13.1. The maximum atomic E-state index is 5.46. The van der Waals surface area contributed by atoms with E-state index in [-0.39, 0.29) is 0 Å². The fourth-order valence-electron chi connectivity index (χ4n) is 3.11. The van der Waals surface area contributed by atoms with Crippen molar-refractivity contribution >= 4 is 22.6 Å². The molecule has 16 heavy (non-hydrogen) atoms. The molecule has 2 saturated heterocycles. The molecule has 0 aliphatic carbocycles.